The van der Waals surface area contributed by atoms with E-state index in [1.54, 1.807) is 12.1 Å². The summed E-state index contributed by atoms with van der Waals surface area (Å²) >= 11 is 0. The smallest absolute Gasteiger partial charge is 0.413 e. The molecule has 1 heterocycles. The fourth-order valence-corrected chi connectivity index (χ4v) is 3.39. The largest absolute Gasteiger partial charge is 0.487 e. The first-order valence-electron chi connectivity index (χ1n) is 8.05. The standard InChI is InChI=1S/C19H19NO3/c21-18(22-14-7-2-1-3-8-14)20-16-13-19(11-6-12-19)23-17-10-5-4-9-15(16)17/h1-5,7-10,16H,6,11-13H2,(H,20,21). The molecule has 1 aliphatic carbocycles. The molecule has 0 saturated heterocycles. The molecule has 0 aromatic heterocycles. The van der Waals surface area contributed by atoms with Gasteiger partial charge in [-0.3, -0.25) is 0 Å². The van der Waals surface area contributed by atoms with Crippen LogP contribution in [0.5, 0.6) is 11.5 Å². The molecule has 1 unspecified atom stereocenters. The zero-order chi connectivity index (χ0) is 15.7. The Kier molecular flexibility index (Phi) is 3.45. The minimum atomic E-state index is -0.424. The molecule has 2 aliphatic rings. The van der Waals surface area contributed by atoms with E-state index in [-0.39, 0.29) is 11.6 Å². The monoisotopic (exact) mass is 309 g/mol. The minimum absolute atomic E-state index is 0.0727. The number of rotatable bonds is 2. The van der Waals surface area contributed by atoms with Crippen molar-refractivity contribution >= 4 is 6.09 Å². The van der Waals surface area contributed by atoms with Gasteiger partial charge in [-0.1, -0.05) is 36.4 Å². The fraction of sp³-hybridized carbons (Fsp3) is 0.316. The van der Waals surface area contributed by atoms with Crippen molar-refractivity contribution in [1.29, 1.82) is 0 Å². The molecule has 0 bridgehead atoms. The van der Waals surface area contributed by atoms with Crippen LogP contribution in [0.1, 0.15) is 37.3 Å². The van der Waals surface area contributed by atoms with E-state index in [1.807, 2.05) is 42.5 Å². The van der Waals surface area contributed by atoms with Gasteiger partial charge in [0.15, 0.2) is 0 Å². The molecule has 23 heavy (non-hydrogen) atoms. The molecule has 2 aromatic rings. The summed E-state index contributed by atoms with van der Waals surface area (Å²) < 4.78 is 11.6. The third-order valence-electron chi connectivity index (χ3n) is 4.71. The van der Waals surface area contributed by atoms with Crippen LogP contribution < -0.4 is 14.8 Å². The van der Waals surface area contributed by atoms with Crippen molar-refractivity contribution in [3.05, 3.63) is 60.2 Å². The Labute approximate surface area is 135 Å². The average Bonchev–Trinajstić information content (AvgIpc) is 2.54. The van der Waals surface area contributed by atoms with Gasteiger partial charge in [0.05, 0.1) is 6.04 Å². The number of para-hydroxylation sites is 2. The Morgan fingerprint density at radius 2 is 1.83 bits per heavy atom. The average molecular weight is 309 g/mol. The molecule has 0 radical (unpaired) electrons. The normalized spacial score (nSPS) is 20.8. The van der Waals surface area contributed by atoms with Gasteiger partial charge in [-0.2, -0.15) is 0 Å². The second kappa shape index (κ2) is 5.61. The molecule has 4 nitrogen and oxygen atoms in total. The summed E-state index contributed by atoms with van der Waals surface area (Å²) in [5, 5.41) is 3.01. The third-order valence-corrected chi connectivity index (χ3v) is 4.71. The molecule has 1 fully saturated rings. The summed E-state index contributed by atoms with van der Waals surface area (Å²) in [5.41, 5.74) is 0.911. The molecule has 1 amide bonds. The van der Waals surface area contributed by atoms with E-state index in [1.165, 1.54) is 6.42 Å². The highest BCUT2D eigenvalue weighted by Crippen LogP contribution is 2.48. The highest BCUT2D eigenvalue weighted by Gasteiger charge is 2.45. The summed E-state index contributed by atoms with van der Waals surface area (Å²) in [6.45, 7) is 0. The van der Waals surface area contributed by atoms with Gasteiger partial charge in [-0.15, -0.1) is 0 Å². The summed E-state index contributed by atoms with van der Waals surface area (Å²) in [4.78, 5) is 12.2. The maximum Gasteiger partial charge on any atom is 0.413 e. The first-order valence-corrected chi connectivity index (χ1v) is 8.05. The maximum atomic E-state index is 12.2. The third kappa shape index (κ3) is 2.77. The summed E-state index contributed by atoms with van der Waals surface area (Å²) in [5.74, 6) is 1.42. The van der Waals surface area contributed by atoms with Crippen LogP contribution in [0.3, 0.4) is 0 Å². The number of ether oxygens (including phenoxy) is 2. The Bertz CT molecular complexity index is 710. The zero-order valence-corrected chi connectivity index (χ0v) is 12.8. The first-order chi connectivity index (χ1) is 11.2. The highest BCUT2D eigenvalue weighted by atomic mass is 16.6. The predicted molar refractivity (Wildman–Crippen MR) is 86.6 cm³/mol. The van der Waals surface area contributed by atoms with Crippen molar-refractivity contribution in [2.24, 2.45) is 0 Å². The number of carbonyl (C=O) groups is 1. The fourth-order valence-electron chi connectivity index (χ4n) is 3.39. The molecule has 2 aromatic carbocycles. The summed E-state index contributed by atoms with van der Waals surface area (Å²) in [6, 6.07) is 17.0. The van der Waals surface area contributed by atoms with Crippen LogP contribution in [0, 0.1) is 0 Å². The lowest BCUT2D eigenvalue weighted by Crippen LogP contribution is -2.50. The van der Waals surface area contributed by atoms with Crippen molar-refractivity contribution in [2.45, 2.75) is 37.3 Å². The van der Waals surface area contributed by atoms with Crippen LogP contribution in [0.25, 0.3) is 0 Å². The molecular formula is C19H19NO3. The van der Waals surface area contributed by atoms with Crippen molar-refractivity contribution in [3.63, 3.8) is 0 Å². The Balaban J connectivity index is 1.52. The van der Waals surface area contributed by atoms with Crippen LogP contribution in [-0.2, 0) is 0 Å². The Morgan fingerprint density at radius 3 is 2.57 bits per heavy atom. The lowest BCUT2D eigenvalue weighted by Gasteiger charge is -2.47. The van der Waals surface area contributed by atoms with Gasteiger partial charge in [0.25, 0.3) is 0 Å². The molecule has 4 rings (SSSR count). The van der Waals surface area contributed by atoms with Gasteiger partial charge in [0.2, 0.25) is 0 Å². The van der Waals surface area contributed by atoms with Gasteiger partial charge in [-0.25, -0.2) is 4.79 Å². The molecule has 1 atom stereocenters. The van der Waals surface area contributed by atoms with Gasteiger partial charge < -0.3 is 14.8 Å². The Hall–Kier alpha value is -2.49. The second-order valence-electron chi connectivity index (χ2n) is 6.28. The quantitative estimate of drug-likeness (QED) is 0.903. The molecule has 118 valence electrons. The lowest BCUT2D eigenvalue weighted by atomic mass is 9.73. The Morgan fingerprint density at radius 1 is 1.09 bits per heavy atom. The molecular weight excluding hydrogens is 290 g/mol. The summed E-state index contributed by atoms with van der Waals surface area (Å²) in [7, 11) is 0. The first kappa shape index (κ1) is 14.1. The number of hydrogen-bond donors (Lipinski definition) is 1. The maximum absolute atomic E-state index is 12.2. The molecule has 1 aliphatic heterocycles. The number of amides is 1. The molecule has 4 heteroatoms. The van der Waals surface area contributed by atoms with E-state index in [2.05, 4.69) is 5.32 Å². The molecule has 1 N–H and O–H groups in total. The van der Waals surface area contributed by atoms with Crippen LogP contribution >= 0.6 is 0 Å². The number of benzene rings is 2. The van der Waals surface area contributed by atoms with Crippen molar-refractivity contribution in [3.8, 4) is 11.5 Å². The number of nitrogens with one attached hydrogen (secondary N) is 1. The van der Waals surface area contributed by atoms with Crippen molar-refractivity contribution in [2.75, 3.05) is 0 Å². The van der Waals surface area contributed by atoms with Crippen molar-refractivity contribution in [1.82, 2.24) is 5.32 Å². The van der Waals surface area contributed by atoms with E-state index in [4.69, 9.17) is 9.47 Å². The van der Waals surface area contributed by atoms with Gasteiger partial charge in [0.1, 0.15) is 17.1 Å². The van der Waals surface area contributed by atoms with E-state index in [9.17, 15) is 4.79 Å². The van der Waals surface area contributed by atoms with E-state index in [0.29, 0.717) is 5.75 Å². The lowest BCUT2D eigenvalue weighted by molar-refractivity contribution is -0.0360. The van der Waals surface area contributed by atoms with Gasteiger partial charge >= 0.3 is 6.09 Å². The van der Waals surface area contributed by atoms with Crippen LogP contribution in [0.15, 0.2) is 54.6 Å². The summed E-state index contributed by atoms with van der Waals surface area (Å²) in [6.07, 6.45) is 3.66. The topological polar surface area (TPSA) is 47.6 Å². The SMILES string of the molecule is O=C(NC1CC2(CCC2)Oc2ccccc21)Oc1ccccc1. The van der Waals surface area contributed by atoms with Gasteiger partial charge in [-0.05, 0) is 37.5 Å². The van der Waals surface area contributed by atoms with E-state index in [0.717, 1.165) is 30.6 Å². The second-order valence-corrected chi connectivity index (χ2v) is 6.28. The number of carbonyl (C=O) groups excluding carboxylic acids is 1. The molecule has 1 saturated carbocycles. The van der Waals surface area contributed by atoms with Crippen LogP contribution in [0.4, 0.5) is 4.79 Å². The van der Waals surface area contributed by atoms with Crippen molar-refractivity contribution < 1.29 is 14.3 Å². The van der Waals surface area contributed by atoms with E-state index < -0.39 is 6.09 Å². The predicted octanol–water partition coefficient (Wildman–Crippen LogP) is 4.22. The highest BCUT2D eigenvalue weighted by molar-refractivity contribution is 5.71. The number of fused-ring (bicyclic) bond motifs is 1. The van der Waals surface area contributed by atoms with Gasteiger partial charge in [0, 0.05) is 12.0 Å². The zero-order valence-electron chi connectivity index (χ0n) is 12.8. The number of hydrogen-bond acceptors (Lipinski definition) is 3. The van der Waals surface area contributed by atoms with E-state index >= 15 is 0 Å². The van der Waals surface area contributed by atoms with Crippen LogP contribution in [-0.4, -0.2) is 11.7 Å². The molecule has 1 spiro atoms. The van der Waals surface area contributed by atoms with Crippen LogP contribution in [0.2, 0.25) is 0 Å². The minimum Gasteiger partial charge on any atom is -0.487 e.